The lowest BCUT2D eigenvalue weighted by molar-refractivity contribution is -0.0231. The second kappa shape index (κ2) is 7.25. The summed E-state index contributed by atoms with van der Waals surface area (Å²) in [6.07, 6.45) is -0.219. The smallest absolute Gasteiger partial charge is 0.358 e. The average molecular weight is 364 g/mol. The molecule has 0 spiro atoms. The van der Waals surface area contributed by atoms with Gasteiger partial charge in [-0.3, -0.25) is 9.48 Å². The number of halogens is 1. The van der Waals surface area contributed by atoms with Gasteiger partial charge in [0.15, 0.2) is 5.69 Å². The van der Waals surface area contributed by atoms with Crippen LogP contribution in [-0.2, 0) is 16.5 Å². The molecule has 1 atom stereocenters. The number of hydrogen-bond donors (Lipinski definition) is 0. The SMILES string of the molecule is COC(=O)c1cc(C(=O)N2CCO[C@H](c3ccc(Cl)cc3)C2)n(C)n1. The molecule has 0 bridgehead atoms. The lowest BCUT2D eigenvalue weighted by atomic mass is 10.1. The van der Waals surface area contributed by atoms with Gasteiger partial charge in [0.05, 0.1) is 20.3 Å². The normalized spacial score (nSPS) is 17.4. The summed E-state index contributed by atoms with van der Waals surface area (Å²) < 4.78 is 11.8. The molecule has 8 heteroatoms. The fraction of sp³-hybridized carbons (Fsp3) is 0.353. The number of benzene rings is 1. The monoisotopic (exact) mass is 363 g/mol. The van der Waals surface area contributed by atoms with Gasteiger partial charge in [-0.1, -0.05) is 23.7 Å². The van der Waals surface area contributed by atoms with Crippen LogP contribution in [0.5, 0.6) is 0 Å². The van der Waals surface area contributed by atoms with Gasteiger partial charge >= 0.3 is 5.97 Å². The summed E-state index contributed by atoms with van der Waals surface area (Å²) in [6, 6.07) is 8.82. The number of morpholine rings is 1. The lowest BCUT2D eigenvalue weighted by Crippen LogP contribution is -2.42. The molecular weight excluding hydrogens is 346 g/mol. The second-order valence-electron chi connectivity index (χ2n) is 5.69. The first-order valence-electron chi connectivity index (χ1n) is 7.78. The minimum absolute atomic E-state index is 0.107. The minimum Gasteiger partial charge on any atom is -0.464 e. The highest BCUT2D eigenvalue weighted by atomic mass is 35.5. The highest BCUT2D eigenvalue weighted by Gasteiger charge is 2.28. The third kappa shape index (κ3) is 3.67. The summed E-state index contributed by atoms with van der Waals surface area (Å²) in [5.74, 6) is -0.775. The van der Waals surface area contributed by atoms with E-state index in [1.165, 1.54) is 17.9 Å². The van der Waals surface area contributed by atoms with E-state index in [1.807, 2.05) is 12.1 Å². The second-order valence-corrected chi connectivity index (χ2v) is 6.13. The van der Waals surface area contributed by atoms with Crippen molar-refractivity contribution >= 4 is 23.5 Å². The van der Waals surface area contributed by atoms with E-state index in [-0.39, 0.29) is 17.7 Å². The molecule has 0 saturated carbocycles. The number of aryl methyl sites for hydroxylation is 1. The van der Waals surface area contributed by atoms with E-state index in [4.69, 9.17) is 16.3 Å². The summed E-state index contributed by atoms with van der Waals surface area (Å²) in [7, 11) is 2.90. The average Bonchev–Trinajstić information content (AvgIpc) is 3.03. The van der Waals surface area contributed by atoms with Gasteiger partial charge in [-0.15, -0.1) is 0 Å². The molecule has 1 fully saturated rings. The van der Waals surface area contributed by atoms with Gasteiger partial charge in [0, 0.05) is 24.7 Å². The Morgan fingerprint density at radius 2 is 2.04 bits per heavy atom. The van der Waals surface area contributed by atoms with Crippen LogP contribution in [0.25, 0.3) is 0 Å². The van der Waals surface area contributed by atoms with Crippen molar-refractivity contribution in [2.75, 3.05) is 26.8 Å². The number of carbonyl (C=O) groups excluding carboxylic acids is 2. The molecule has 3 rings (SSSR count). The standard InChI is InChI=1S/C17H18ClN3O4/c1-20-14(9-13(19-20)17(23)24-2)16(22)21-7-8-25-15(10-21)11-3-5-12(18)6-4-11/h3-6,9,15H,7-8,10H2,1-2H3/t15-/m0/s1. The topological polar surface area (TPSA) is 73.7 Å². The van der Waals surface area contributed by atoms with Gasteiger partial charge in [0.25, 0.3) is 5.91 Å². The van der Waals surface area contributed by atoms with Crippen LogP contribution in [0.1, 0.15) is 32.6 Å². The molecule has 0 unspecified atom stereocenters. The Morgan fingerprint density at radius 3 is 2.72 bits per heavy atom. The van der Waals surface area contributed by atoms with Crippen LogP contribution in [-0.4, -0.2) is 53.4 Å². The highest BCUT2D eigenvalue weighted by Crippen LogP contribution is 2.24. The van der Waals surface area contributed by atoms with Crippen molar-refractivity contribution in [2.24, 2.45) is 7.05 Å². The first-order chi connectivity index (χ1) is 12.0. The van der Waals surface area contributed by atoms with Gasteiger partial charge in [-0.05, 0) is 17.7 Å². The minimum atomic E-state index is -0.573. The Morgan fingerprint density at radius 1 is 1.32 bits per heavy atom. The Bertz CT molecular complexity index is 788. The lowest BCUT2D eigenvalue weighted by Gasteiger charge is -2.33. The van der Waals surface area contributed by atoms with Crippen LogP contribution in [0.15, 0.2) is 30.3 Å². The first kappa shape index (κ1) is 17.4. The van der Waals surface area contributed by atoms with Crippen LogP contribution in [0.4, 0.5) is 0 Å². The fourth-order valence-electron chi connectivity index (χ4n) is 2.75. The van der Waals surface area contributed by atoms with Crippen molar-refractivity contribution < 1.29 is 19.1 Å². The molecule has 1 aromatic heterocycles. The van der Waals surface area contributed by atoms with Gasteiger partial charge in [-0.25, -0.2) is 4.79 Å². The third-order valence-corrected chi connectivity index (χ3v) is 4.34. The molecule has 132 valence electrons. The van der Waals surface area contributed by atoms with E-state index in [0.29, 0.717) is 30.4 Å². The molecule has 1 saturated heterocycles. The molecule has 1 amide bonds. The Labute approximate surface area is 150 Å². The maximum Gasteiger partial charge on any atom is 0.358 e. The molecule has 25 heavy (non-hydrogen) atoms. The molecule has 0 N–H and O–H groups in total. The Hall–Kier alpha value is -2.38. The van der Waals surface area contributed by atoms with Crippen LogP contribution in [0, 0.1) is 0 Å². The van der Waals surface area contributed by atoms with Crippen LogP contribution in [0.2, 0.25) is 5.02 Å². The Balaban J connectivity index is 1.77. The predicted molar refractivity (Wildman–Crippen MR) is 90.6 cm³/mol. The number of hydrogen-bond acceptors (Lipinski definition) is 5. The van der Waals surface area contributed by atoms with E-state index in [1.54, 1.807) is 24.1 Å². The quantitative estimate of drug-likeness (QED) is 0.780. The van der Waals surface area contributed by atoms with Crippen LogP contribution in [0.3, 0.4) is 0 Å². The summed E-state index contributed by atoms with van der Waals surface area (Å²) in [5.41, 5.74) is 1.40. The molecular formula is C17H18ClN3O4. The molecule has 0 aliphatic carbocycles. The Kier molecular flexibility index (Phi) is 5.06. The molecule has 0 radical (unpaired) electrons. The van der Waals surface area contributed by atoms with Gasteiger partial charge in [0.2, 0.25) is 0 Å². The molecule has 1 aliphatic heterocycles. The zero-order valence-electron chi connectivity index (χ0n) is 13.9. The third-order valence-electron chi connectivity index (χ3n) is 4.09. The van der Waals surface area contributed by atoms with Crippen molar-refractivity contribution in [3.05, 3.63) is 52.3 Å². The molecule has 7 nitrogen and oxygen atoms in total. The summed E-state index contributed by atoms with van der Waals surface area (Å²) in [6.45, 7) is 1.32. The van der Waals surface area contributed by atoms with E-state index in [0.717, 1.165) is 5.56 Å². The van der Waals surface area contributed by atoms with Crippen LogP contribution < -0.4 is 0 Å². The van der Waals surface area contributed by atoms with Crippen LogP contribution >= 0.6 is 11.6 Å². The largest absolute Gasteiger partial charge is 0.464 e. The predicted octanol–water partition coefficient (Wildman–Crippen LogP) is 2.07. The van der Waals surface area contributed by atoms with E-state index < -0.39 is 5.97 Å². The molecule has 1 aliphatic rings. The fourth-order valence-corrected chi connectivity index (χ4v) is 2.87. The number of ether oxygens (including phenoxy) is 2. The maximum absolute atomic E-state index is 12.8. The highest BCUT2D eigenvalue weighted by molar-refractivity contribution is 6.30. The number of rotatable bonds is 3. The van der Waals surface area contributed by atoms with Crippen molar-refractivity contribution in [2.45, 2.75) is 6.10 Å². The summed E-state index contributed by atoms with van der Waals surface area (Å²) in [5, 5.41) is 4.68. The number of methoxy groups -OCH3 is 1. The van der Waals surface area contributed by atoms with E-state index in [9.17, 15) is 9.59 Å². The molecule has 2 heterocycles. The van der Waals surface area contributed by atoms with Crippen molar-refractivity contribution in [1.29, 1.82) is 0 Å². The maximum atomic E-state index is 12.8. The summed E-state index contributed by atoms with van der Waals surface area (Å²) in [4.78, 5) is 26.1. The number of carbonyl (C=O) groups is 2. The van der Waals surface area contributed by atoms with Crippen molar-refractivity contribution in [3.8, 4) is 0 Å². The van der Waals surface area contributed by atoms with Gasteiger partial charge < -0.3 is 14.4 Å². The zero-order valence-corrected chi connectivity index (χ0v) is 14.7. The van der Waals surface area contributed by atoms with Gasteiger partial charge in [-0.2, -0.15) is 5.10 Å². The van der Waals surface area contributed by atoms with Crippen molar-refractivity contribution in [3.63, 3.8) is 0 Å². The number of esters is 1. The van der Waals surface area contributed by atoms with Crippen molar-refractivity contribution in [1.82, 2.24) is 14.7 Å². The number of aromatic nitrogens is 2. The number of amides is 1. The molecule has 2 aromatic rings. The first-order valence-corrected chi connectivity index (χ1v) is 8.16. The zero-order chi connectivity index (χ0) is 18.0. The van der Waals surface area contributed by atoms with Gasteiger partial charge in [0.1, 0.15) is 11.8 Å². The number of nitrogens with zero attached hydrogens (tertiary/aromatic N) is 3. The van der Waals surface area contributed by atoms with E-state index >= 15 is 0 Å². The molecule has 1 aromatic carbocycles. The summed E-state index contributed by atoms with van der Waals surface area (Å²) >= 11 is 5.91. The van der Waals surface area contributed by atoms with E-state index in [2.05, 4.69) is 9.84 Å².